The molecule has 2 aromatic heterocycles. The minimum absolute atomic E-state index is 0.0998. The van der Waals surface area contributed by atoms with E-state index in [2.05, 4.69) is 19.9 Å². The lowest BCUT2D eigenvalue weighted by molar-refractivity contribution is 0.530. The van der Waals surface area contributed by atoms with Crippen LogP contribution in [0, 0.1) is 6.92 Å². The van der Waals surface area contributed by atoms with Gasteiger partial charge in [-0.2, -0.15) is 15.0 Å². The number of aryl methyl sites for hydroxylation is 1. The second kappa shape index (κ2) is 6.02. The zero-order valence-corrected chi connectivity index (χ0v) is 12.7. The smallest absolute Gasteiger partial charge is 0.225 e. The van der Waals surface area contributed by atoms with E-state index >= 15 is 0 Å². The Morgan fingerprint density at radius 3 is 2.41 bits per heavy atom. The lowest BCUT2D eigenvalue weighted by atomic mass is 10.1. The number of nitrogen functional groups attached to an aromatic ring is 2. The highest BCUT2D eigenvalue weighted by molar-refractivity contribution is 7.98. The van der Waals surface area contributed by atoms with Crippen molar-refractivity contribution in [3.63, 3.8) is 0 Å². The van der Waals surface area contributed by atoms with Gasteiger partial charge in [0.05, 0.1) is 11.9 Å². The Morgan fingerprint density at radius 1 is 1.05 bits per heavy atom. The van der Waals surface area contributed by atoms with Crippen LogP contribution in [-0.2, 0) is 5.75 Å². The Morgan fingerprint density at radius 2 is 1.73 bits per heavy atom. The highest BCUT2D eigenvalue weighted by atomic mass is 32.2. The van der Waals surface area contributed by atoms with E-state index in [0.29, 0.717) is 16.8 Å². The molecule has 22 heavy (non-hydrogen) atoms. The van der Waals surface area contributed by atoms with Crippen LogP contribution >= 0.6 is 11.8 Å². The first-order valence-corrected chi connectivity index (χ1v) is 7.50. The van der Waals surface area contributed by atoms with Crippen LogP contribution in [0.5, 0.6) is 0 Å². The van der Waals surface area contributed by atoms with Gasteiger partial charge in [0.25, 0.3) is 0 Å². The molecule has 0 unspecified atom stereocenters. The van der Waals surface area contributed by atoms with Crippen LogP contribution in [0.4, 0.5) is 11.9 Å². The van der Waals surface area contributed by atoms with Crippen LogP contribution in [-0.4, -0.2) is 19.9 Å². The second-order valence-corrected chi connectivity index (χ2v) is 5.55. The van der Waals surface area contributed by atoms with Crippen molar-refractivity contribution in [2.75, 3.05) is 11.5 Å². The summed E-state index contributed by atoms with van der Waals surface area (Å²) < 4.78 is 5.73. The normalized spacial score (nSPS) is 10.8. The maximum atomic E-state index is 5.73. The number of hydrogen-bond donors (Lipinski definition) is 2. The number of nitrogens with two attached hydrogens (primary N) is 2. The highest BCUT2D eigenvalue weighted by Crippen LogP contribution is 2.24. The number of hydrogen-bond acceptors (Lipinski definition) is 8. The van der Waals surface area contributed by atoms with Crippen molar-refractivity contribution in [2.45, 2.75) is 17.8 Å². The zero-order chi connectivity index (χ0) is 15.5. The summed E-state index contributed by atoms with van der Waals surface area (Å²) in [5.74, 6) is 1.99. The molecule has 0 aliphatic carbocycles. The van der Waals surface area contributed by atoms with E-state index in [0.717, 1.165) is 11.3 Å². The molecule has 0 amide bonds. The fraction of sp³-hybridized carbons (Fsp3) is 0.143. The average molecular weight is 314 g/mol. The molecule has 2 heterocycles. The van der Waals surface area contributed by atoms with Crippen molar-refractivity contribution >= 4 is 23.7 Å². The topological polar surface area (TPSA) is 117 Å². The number of benzene rings is 1. The first kappa shape index (κ1) is 14.3. The highest BCUT2D eigenvalue weighted by Gasteiger charge is 2.09. The quantitative estimate of drug-likeness (QED) is 0.704. The van der Waals surface area contributed by atoms with Crippen LogP contribution in [0.15, 0.2) is 40.0 Å². The van der Waals surface area contributed by atoms with Gasteiger partial charge in [-0.1, -0.05) is 41.6 Å². The molecule has 8 heteroatoms. The molecule has 1 aromatic carbocycles. The van der Waals surface area contributed by atoms with Crippen LogP contribution in [0.2, 0.25) is 0 Å². The molecule has 0 atom stereocenters. The third kappa shape index (κ3) is 3.34. The van der Waals surface area contributed by atoms with Crippen LogP contribution in [0.25, 0.3) is 11.3 Å². The van der Waals surface area contributed by atoms with Gasteiger partial charge in [0.1, 0.15) is 0 Å². The number of nitrogens with zero attached hydrogens (tertiary/aromatic N) is 4. The SMILES string of the molecule is Cc1ccc(-c2cnc(CSc3nc(N)nc(N)n3)o2)cc1. The van der Waals surface area contributed by atoms with Gasteiger partial charge in [-0.15, -0.1) is 0 Å². The van der Waals surface area contributed by atoms with Crippen molar-refractivity contribution in [3.8, 4) is 11.3 Å². The Labute approximate surface area is 131 Å². The summed E-state index contributed by atoms with van der Waals surface area (Å²) in [5, 5.41) is 0.445. The lowest BCUT2D eigenvalue weighted by Crippen LogP contribution is -2.03. The van der Waals surface area contributed by atoms with Crippen molar-refractivity contribution in [1.82, 2.24) is 19.9 Å². The van der Waals surface area contributed by atoms with Gasteiger partial charge in [-0.3, -0.25) is 0 Å². The Bertz CT molecular complexity index is 766. The number of oxazole rings is 1. The molecule has 0 fully saturated rings. The van der Waals surface area contributed by atoms with Gasteiger partial charge in [0.15, 0.2) is 10.9 Å². The lowest BCUT2D eigenvalue weighted by Gasteiger charge is -2.00. The minimum Gasteiger partial charge on any atom is -0.440 e. The molecule has 0 saturated carbocycles. The predicted molar refractivity (Wildman–Crippen MR) is 84.9 cm³/mol. The van der Waals surface area contributed by atoms with E-state index in [1.807, 2.05) is 31.2 Å². The van der Waals surface area contributed by atoms with E-state index in [4.69, 9.17) is 15.9 Å². The molecule has 0 spiro atoms. The summed E-state index contributed by atoms with van der Waals surface area (Å²) in [5.41, 5.74) is 13.2. The third-order valence-corrected chi connectivity index (χ3v) is 3.70. The van der Waals surface area contributed by atoms with E-state index in [-0.39, 0.29) is 11.9 Å². The molecule has 0 radical (unpaired) electrons. The summed E-state index contributed by atoms with van der Waals surface area (Å²) in [6.45, 7) is 2.04. The number of anilines is 2. The van der Waals surface area contributed by atoms with Gasteiger partial charge in [-0.05, 0) is 6.92 Å². The average Bonchev–Trinajstić information content (AvgIpc) is 2.94. The van der Waals surface area contributed by atoms with Gasteiger partial charge in [0.2, 0.25) is 17.8 Å². The molecule has 0 aliphatic heterocycles. The molecule has 3 rings (SSSR count). The summed E-state index contributed by atoms with van der Waals surface area (Å²) in [6, 6.07) is 8.06. The minimum atomic E-state index is 0.0998. The van der Waals surface area contributed by atoms with E-state index in [1.54, 1.807) is 6.20 Å². The first-order valence-electron chi connectivity index (χ1n) is 6.52. The van der Waals surface area contributed by atoms with E-state index in [1.165, 1.54) is 17.3 Å². The van der Waals surface area contributed by atoms with E-state index < -0.39 is 0 Å². The van der Waals surface area contributed by atoms with Crippen molar-refractivity contribution in [3.05, 3.63) is 41.9 Å². The van der Waals surface area contributed by atoms with Crippen molar-refractivity contribution < 1.29 is 4.42 Å². The first-order chi connectivity index (χ1) is 10.6. The summed E-state index contributed by atoms with van der Waals surface area (Å²) in [6.07, 6.45) is 1.71. The van der Waals surface area contributed by atoms with Crippen molar-refractivity contribution in [1.29, 1.82) is 0 Å². The fourth-order valence-corrected chi connectivity index (χ4v) is 2.51. The van der Waals surface area contributed by atoms with Gasteiger partial charge < -0.3 is 15.9 Å². The molecule has 112 valence electrons. The number of rotatable bonds is 4. The monoisotopic (exact) mass is 314 g/mol. The summed E-state index contributed by atoms with van der Waals surface area (Å²) in [4.78, 5) is 16.0. The Kier molecular flexibility index (Phi) is 3.92. The Balaban J connectivity index is 1.70. The predicted octanol–water partition coefficient (Wildman–Crippen LogP) is 2.29. The van der Waals surface area contributed by atoms with Gasteiger partial charge in [0, 0.05) is 5.56 Å². The van der Waals surface area contributed by atoms with Crippen LogP contribution < -0.4 is 11.5 Å². The molecule has 7 nitrogen and oxygen atoms in total. The van der Waals surface area contributed by atoms with Gasteiger partial charge >= 0.3 is 0 Å². The second-order valence-electron chi connectivity index (χ2n) is 4.61. The largest absolute Gasteiger partial charge is 0.440 e. The molecule has 3 aromatic rings. The Hall–Kier alpha value is -2.61. The molecular formula is C14H14N6OS. The third-order valence-electron chi connectivity index (χ3n) is 2.86. The fourth-order valence-electron chi connectivity index (χ4n) is 1.81. The number of aromatic nitrogens is 4. The molecule has 0 aliphatic rings. The zero-order valence-electron chi connectivity index (χ0n) is 11.9. The molecule has 0 bridgehead atoms. The number of thioether (sulfide) groups is 1. The van der Waals surface area contributed by atoms with Crippen LogP contribution in [0.1, 0.15) is 11.5 Å². The maximum Gasteiger partial charge on any atom is 0.225 e. The standard InChI is InChI=1S/C14H14N6OS/c1-8-2-4-9(5-3-8)10-6-17-11(21-10)7-22-14-19-12(15)18-13(16)20-14/h2-6H,7H2,1H3,(H4,15,16,18,19,20). The van der Waals surface area contributed by atoms with Crippen LogP contribution in [0.3, 0.4) is 0 Å². The molecular weight excluding hydrogens is 300 g/mol. The van der Waals surface area contributed by atoms with E-state index in [9.17, 15) is 0 Å². The van der Waals surface area contributed by atoms with Crippen molar-refractivity contribution in [2.24, 2.45) is 0 Å². The summed E-state index contributed by atoms with van der Waals surface area (Å²) in [7, 11) is 0. The molecule has 0 saturated heterocycles. The summed E-state index contributed by atoms with van der Waals surface area (Å²) >= 11 is 1.33. The van der Waals surface area contributed by atoms with Gasteiger partial charge in [-0.25, -0.2) is 4.98 Å². The molecule has 4 N–H and O–H groups in total. The maximum absolute atomic E-state index is 5.73.